The maximum Gasteiger partial charge on any atom is 0.307 e. The molecule has 1 aromatic carbocycles. The molecular formula is C18H23N3O3. The Morgan fingerprint density at radius 2 is 2.00 bits per heavy atom. The number of ether oxygens (including phenoxy) is 1. The van der Waals surface area contributed by atoms with Gasteiger partial charge in [0.05, 0.1) is 26.3 Å². The first kappa shape index (κ1) is 17.7. The van der Waals surface area contributed by atoms with Gasteiger partial charge in [0.15, 0.2) is 0 Å². The van der Waals surface area contributed by atoms with Crippen LogP contribution in [0.2, 0.25) is 0 Å². The number of benzene rings is 1. The standard InChI is InChI=1S/C18H23N3O3/c1-24-18(23)8-12-21(11-5-10-20-13-9-19-15-20)17(22)14-16-6-3-2-4-7-16/h2-4,6-7,9,13,15H,5,8,10-12,14H2,1H3. The van der Waals surface area contributed by atoms with Crippen LogP contribution in [0.5, 0.6) is 0 Å². The summed E-state index contributed by atoms with van der Waals surface area (Å²) in [5.41, 5.74) is 0.972. The van der Waals surface area contributed by atoms with Crippen molar-refractivity contribution in [2.45, 2.75) is 25.8 Å². The van der Waals surface area contributed by atoms with Crippen LogP contribution in [-0.2, 0) is 27.3 Å². The second-order valence-electron chi connectivity index (χ2n) is 5.52. The molecule has 24 heavy (non-hydrogen) atoms. The van der Waals surface area contributed by atoms with E-state index in [0.717, 1.165) is 18.5 Å². The molecule has 0 N–H and O–H groups in total. The van der Waals surface area contributed by atoms with Crippen molar-refractivity contribution in [1.82, 2.24) is 14.5 Å². The van der Waals surface area contributed by atoms with Crippen molar-refractivity contribution in [3.05, 3.63) is 54.6 Å². The Balaban J connectivity index is 1.90. The number of hydrogen-bond acceptors (Lipinski definition) is 4. The highest BCUT2D eigenvalue weighted by Gasteiger charge is 2.15. The minimum Gasteiger partial charge on any atom is -0.469 e. The van der Waals surface area contributed by atoms with Gasteiger partial charge < -0.3 is 14.2 Å². The minimum atomic E-state index is -0.304. The Hall–Kier alpha value is -2.63. The number of nitrogens with zero attached hydrogens (tertiary/aromatic N) is 3. The number of aromatic nitrogens is 2. The molecule has 0 saturated heterocycles. The van der Waals surface area contributed by atoms with Crippen molar-refractivity contribution in [1.29, 1.82) is 0 Å². The van der Waals surface area contributed by atoms with Gasteiger partial charge in [0.2, 0.25) is 5.91 Å². The van der Waals surface area contributed by atoms with Crippen molar-refractivity contribution in [3.63, 3.8) is 0 Å². The first-order valence-corrected chi connectivity index (χ1v) is 8.03. The summed E-state index contributed by atoms with van der Waals surface area (Å²) in [6.07, 6.45) is 6.73. The Bertz CT molecular complexity index is 626. The number of carbonyl (C=O) groups is 2. The Labute approximate surface area is 142 Å². The summed E-state index contributed by atoms with van der Waals surface area (Å²) in [4.78, 5) is 29.7. The first-order chi connectivity index (χ1) is 11.7. The lowest BCUT2D eigenvalue weighted by atomic mass is 10.1. The molecule has 2 rings (SSSR count). The molecule has 1 amide bonds. The maximum absolute atomic E-state index is 12.6. The van der Waals surface area contributed by atoms with E-state index in [1.165, 1.54) is 7.11 Å². The molecule has 0 radical (unpaired) electrons. The minimum absolute atomic E-state index is 0.0238. The lowest BCUT2D eigenvalue weighted by Gasteiger charge is -2.22. The zero-order chi connectivity index (χ0) is 17.2. The number of aryl methyl sites for hydroxylation is 1. The highest BCUT2D eigenvalue weighted by molar-refractivity contribution is 5.79. The summed E-state index contributed by atoms with van der Waals surface area (Å²) in [5.74, 6) is -0.280. The molecule has 0 atom stereocenters. The molecule has 0 bridgehead atoms. The van der Waals surface area contributed by atoms with Crippen molar-refractivity contribution < 1.29 is 14.3 Å². The summed E-state index contributed by atoms with van der Waals surface area (Å²) in [6, 6.07) is 9.62. The fourth-order valence-corrected chi connectivity index (χ4v) is 2.43. The fraction of sp³-hybridized carbons (Fsp3) is 0.389. The molecule has 6 nitrogen and oxygen atoms in total. The Kier molecular flexibility index (Phi) is 7.01. The van der Waals surface area contributed by atoms with Crippen LogP contribution in [0.15, 0.2) is 49.1 Å². The number of carbonyl (C=O) groups excluding carboxylic acids is 2. The average Bonchev–Trinajstić information content (AvgIpc) is 3.11. The molecule has 0 unspecified atom stereocenters. The van der Waals surface area contributed by atoms with Gasteiger partial charge in [0, 0.05) is 32.0 Å². The average molecular weight is 329 g/mol. The van der Waals surface area contributed by atoms with Crippen LogP contribution >= 0.6 is 0 Å². The van der Waals surface area contributed by atoms with E-state index in [2.05, 4.69) is 9.72 Å². The maximum atomic E-state index is 12.6. The summed E-state index contributed by atoms with van der Waals surface area (Å²) in [7, 11) is 1.36. The van der Waals surface area contributed by atoms with Gasteiger partial charge in [-0.15, -0.1) is 0 Å². The quantitative estimate of drug-likeness (QED) is 0.659. The van der Waals surface area contributed by atoms with E-state index in [1.54, 1.807) is 17.4 Å². The third kappa shape index (κ3) is 5.87. The van der Waals surface area contributed by atoms with Crippen LogP contribution in [0.4, 0.5) is 0 Å². The van der Waals surface area contributed by atoms with Crippen LogP contribution in [0.3, 0.4) is 0 Å². The number of methoxy groups -OCH3 is 1. The smallest absolute Gasteiger partial charge is 0.307 e. The summed E-state index contributed by atoms with van der Waals surface area (Å²) in [6.45, 7) is 1.76. The monoisotopic (exact) mass is 329 g/mol. The van der Waals surface area contributed by atoms with Crippen LogP contribution < -0.4 is 0 Å². The fourth-order valence-electron chi connectivity index (χ4n) is 2.43. The first-order valence-electron chi connectivity index (χ1n) is 8.03. The van der Waals surface area contributed by atoms with E-state index < -0.39 is 0 Å². The van der Waals surface area contributed by atoms with E-state index >= 15 is 0 Å². The molecule has 0 aliphatic heterocycles. The van der Waals surface area contributed by atoms with Crippen LogP contribution in [0, 0.1) is 0 Å². The van der Waals surface area contributed by atoms with Crippen LogP contribution in [-0.4, -0.2) is 46.5 Å². The number of imidazole rings is 1. The van der Waals surface area contributed by atoms with Gasteiger partial charge in [-0.1, -0.05) is 30.3 Å². The predicted octanol–water partition coefficient (Wildman–Crippen LogP) is 1.91. The van der Waals surface area contributed by atoms with Crippen molar-refractivity contribution in [3.8, 4) is 0 Å². The third-order valence-electron chi connectivity index (χ3n) is 3.77. The Morgan fingerprint density at radius 1 is 1.21 bits per heavy atom. The van der Waals surface area contributed by atoms with E-state index in [1.807, 2.05) is 41.1 Å². The topological polar surface area (TPSA) is 64.4 Å². The van der Waals surface area contributed by atoms with Gasteiger partial charge in [0.1, 0.15) is 0 Å². The molecule has 0 fully saturated rings. The van der Waals surface area contributed by atoms with Gasteiger partial charge >= 0.3 is 5.97 Å². The lowest BCUT2D eigenvalue weighted by Crippen LogP contribution is -2.35. The second kappa shape index (κ2) is 9.50. The number of esters is 1. The van der Waals surface area contributed by atoms with Gasteiger partial charge in [-0.25, -0.2) is 4.98 Å². The zero-order valence-electron chi connectivity index (χ0n) is 13.9. The highest BCUT2D eigenvalue weighted by atomic mass is 16.5. The molecule has 0 aliphatic carbocycles. The van der Waals surface area contributed by atoms with E-state index in [0.29, 0.717) is 19.5 Å². The largest absolute Gasteiger partial charge is 0.469 e. The number of hydrogen-bond donors (Lipinski definition) is 0. The summed E-state index contributed by atoms with van der Waals surface area (Å²) in [5, 5.41) is 0. The van der Waals surface area contributed by atoms with E-state index in [4.69, 9.17) is 0 Å². The highest BCUT2D eigenvalue weighted by Crippen LogP contribution is 2.06. The SMILES string of the molecule is COC(=O)CCN(CCCn1ccnc1)C(=O)Cc1ccccc1. The molecule has 1 aromatic heterocycles. The van der Waals surface area contributed by atoms with Crippen LogP contribution in [0.25, 0.3) is 0 Å². The number of amides is 1. The molecule has 0 spiro atoms. The van der Waals surface area contributed by atoms with Crippen LogP contribution in [0.1, 0.15) is 18.4 Å². The van der Waals surface area contributed by atoms with Crippen molar-refractivity contribution >= 4 is 11.9 Å². The molecule has 0 aliphatic rings. The molecule has 128 valence electrons. The van der Waals surface area contributed by atoms with E-state index in [-0.39, 0.29) is 18.3 Å². The normalized spacial score (nSPS) is 10.4. The van der Waals surface area contributed by atoms with Crippen molar-refractivity contribution in [2.24, 2.45) is 0 Å². The molecule has 6 heteroatoms. The summed E-state index contributed by atoms with van der Waals surface area (Å²) >= 11 is 0. The van der Waals surface area contributed by atoms with Gasteiger partial charge in [0.25, 0.3) is 0 Å². The molecule has 2 aromatic rings. The number of rotatable bonds is 9. The molecule has 0 saturated carbocycles. The molecular weight excluding hydrogens is 306 g/mol. The van der Waals surface area contributed by atoms with Gasteiger partial charge in [-0.3, -0.25) is 9.59 Å². The molecule has 1 heterocycles. The lowest BCUT2D eigenvalue weighted by molar-refractivity contribution is -0.141. The predicted molar refractivity (Wildman–Crippen MR) is 90.2 cm³/mol. The van der Waals surface area contributed by atoms with Gasteiger partial charge in [-0.2, -0.15) is 0 Å². The van der Waals surface area contributed by atoms with Crippen molar-refractivity contribution in [2.75, 3.05) is 20.2 Å². The zero-order valence-corrected chi connectivity index (χ0v) is 13.9. The Morgan fingerprint density at radius 3 is 2.67 bits per heavy atom. The van der Waals surface area contributed by atoms with E-state index in [9.17, 15) is 9.59 Å². The van der Waals surface area contributed by atoms with Gasteiger partial charge in [-0.05, 0) is 12.0 Å². The summed E-state index contributed by atoms with van der Waals surface area (Å²) < 4.78 is 6.65. The second-order valence-corrected chi connectivity index (χ2v) is 5.52. The third-order valence-corrected chi connectivity index (χ3v) is 3.77.